The molecule has 4 rings (SSSR count). The number of hydrogen-bond acceptors (Lipinski definition) is 5. The van der Waals surface area contributed by atoms with E-state index in [9.17, 15) is 27.9 Å². The quantitative estimate of drug-likeness (QED) is 0.212. The summed E-state index contributed by atoms with van der Waals surface area (Å²) in [4.78, 5) is 29.5. The predicted molar refractivity (Wildman–Crippen MR) is 140 cm³/mol. The van der Waals surface area contributed by atoms with Gasteiger partial charge in [0, 0.05) is 30.5 Å². The topological polar surface area (TPSA) is 70.1 Å². The monoisotopic (exact) mass is 564 g/mol. The van der Waals surface area contributed by atoms with Crippen LogP contribution in [0.4, 0.5) is 24.5 Å². The van der Waals surface area contributed by atoms with E-state index in [1.807, 2.05) is 19.0 Å². The van der Waals surface area contributed by atoms with E-state index < -0.39 is 35.2 Å². The van der Waals surface area contributed by atoms with Crippen LogP contribution in [0, 0.1) is 0 Å². The van der Waals surface area contributed by atoms with Gasteiger partial charge in [-0.1, -0.05) is 35.3 Å². The number of halogens is 5. The molecule has 0 bridgehead atoms. The van der Waals surface area contributed by atoms with Gasteiger partial charge in [-0.2, -0.15) is 13.2 Å². The largest absolute Gasteiger partial charge is 0.507 e. The van der Waals surface area contributed by atoms with Gasteiger partial charge in [0.25, 0.3) is 11.7 Å². The average Bonchev–Trinajstić information content (AvgIpc) is 3.13. The molecule has 0 saturated carbocycles. The number of ketones is 1. The smallest absolute Gasteiger partial charge is 0.416 e. The Balaban J connectivity index is 1.96. The summed E-state index contributed by atoms with van der Waals surface area (Å²) < 4.78 is 44.8. The number of methoxy groups -OCH3 is 1. The molecule has 0 aromatic heterocycles. The van der Waals surface area contributed by atoms with Gasteiger partial charge >= 0.3 is 6.18 Å². The predicted octanol–water partition coefficient (Wildman–Crippen LogP) is 6.71. The van der Waals surface area contributed by atoms with Crippen molar-refractivity contribution in [2.45, 2.75) is 12.2 Å². The summed E-state index contributed by atoms with van der Waals surface area (Å²) in [5.41, 5.74) is 0.0567. The van der Waals surface area contributed by atoms with Crippen molar-refractivity contribution in [3.63, 3.8) is 0 Å². The third kappa shape index (κ3) is 4.91. The van der Waals surface area contributed by atoms with Crippen LogP contribution in [0.1, 0.15) is 22.7 Å². The van der Waals surface area contributed by atoms with Crippen molar-refractivity contribution in [2.24, 2.45) is 0 Å². The maximum absolute atomic E-state index is 13.4. The number of alkyl halides is 3. The van der Waals surface area contributed by atoms with Crippen molar-refractivity contribution < 1.29 is 32.6 Å². The number of carbonyl (C=O) groups excluding carboxylic acids is 2. The molecule has 1 amide bonds. The average molecular weight is 565 g/mol. The number of amides is 1. The summed E-state index contributed by atoms with van der Waals surface area (Å²) >= 11 is 12.4. The fraction of sp³-hybridized carbons (Fsp3) is 0.185. The van der Waals surface area contributed by atoms with Gasteiger partial charge in [-0.05, 0) is 54.1 Å². The molecule has 38 heavy (non-hydrogen) atoms. The zero-order valence-corrected chi connectivity index (χ0v) is 21.8. The molecule has 0 spiro atoms. The third-order valence-electron chi connectivity index (χ3n) is 6.11. The first-order valence-electron chi connectivity index (χ1n) is 11.1. The van der Waals surface area contributed by atoms with Crippen LogP contribution in [0.15, 0.2) is 66.2 Å². The minimum Gasteiger partial charge on any atom is -0.507 e. The number of aliphatic hydroxyl groups is 1. The lowest BCUT2D eigenvalue weighted by Gasteiger charge is -2.26. The maximum atomic E-state index is 13.4. The van der Waals surface area contributed by atoms with Crippen molar-refractivity contribution in [3.05, 3.63) is 93.0 Å². The second-order valence-corrected chi connectivity index (χ2v) is 9.51. The number of benzene rings is 3. The van der Waals surface area contributed by atoms with Gasteiger partial charge < -0.3 is 14.7 Å². The molecular formula is C27H21Cl2F3N2O4. The molecule has 11 heteroatoms. The highest BCUT2D eigenvalue weighted by molar-refractivity contribution is 6.52. The zero-order chi connectivity index (χ0) is 27.9. The number of aliphatic hydroxyl groups excluding tert-OH is 1. The Bertz CT molecular complexity index is 1440. The SMILES string of the molecule is COc1c(Cl)cc(Cl)cc1/C(O)=C1\C(=O)C(=O)N(c2ccc(C(F)(F)F)cc2)C1c1ccc(N(C)C)cc1. The third-order valence-corrected chi connectivity index (χ3v) is 6.61. The Morgan fingerprint density at radius 2 is 1.61 bits per heavy atom. The minimum atomic E-state index is -4.59. The first-order valence-corrected chi connectivity index (χ1v) is 11.9. The maximum Gasteiger partial charge on any atom is 0.416 e. The van der Waals surface area contributed by atoms with E-state index in [4.69, 9.17) is 27.9 Å². The van der Waals surface area contributed by atoms with Crippen molar-refractivity contribution in [1.29, 1.82) is 0 Å². The lowest BCUT2D eigenvalue weighted by molar-refractivity contribution is -0.137. The molecule has 0 aliphatic carbocycles. The fourth-order valence-electron chi connectivity index (χ4n) is 4.27. The molecule has 1 heterocycles. The Hall–Kier alpha value is -3.69. The molecule has 1 N–H and O–H groups in total. The number of carbonyl (C=O) groups is 2. The molecule has 0 radical (unpaired) electrons. The van der Waals surface area contributed by atoms with Crippen LogP contribution in [-0.4, -0.2) is 38.0 Å². The summed E-state index contributed by atoms with van der Waals surface area (Å²) in [6.45, 7) is 0. The molecule has 1 unspecified atom stereocenters. The van der Waals surface area contributed by atoms with Gasteiger partial charge in [0.2, 0.25) is 0 Å². The van der Waals surface area contributed by atoms with E-state index in [1.54, 1.807) is 24.3 Å². The molecule has 1 aliphatic rings. The molecule has 1 saturated heterocycles. The van der Waals surface area contributed by atoms with Crippen LogP contribution in [0.3, 0.4) is 0 Å². The fourth-order valence-corrected chi connectivity index (χ4v) is 4.84. The van der Waals surface area contributed by atoms with Crippen LogP contribution in [0.5, 0.6) is 5.75 Å². The van der Waals surface area contributed by atoms with E-state index in [0.717, 1.165) is 34.9 Å². The van der Waals surface area contributed by atoms with E-state index in [0.29, 0.717) is 5.56 Å². The van der Waals surface area contributed by atoms with Crippen LogP contribution in [0.25, 0.3) is 5.76 Å². The van der Waals surface area contributed by atoms with Crippen molar-refractivity contribution >= 4 is 52.0 Å². The lowest BCUT2D eigenvalue weighted by atomic mass is 9.94. The van der Waals surface area contributed by atoms with Crippen molar-refractivity contribution in [3.8, 4) is 5.75 Å². The highest BCUT2D eigenvalue weighted by Gasteiger charge is 2.47. The van der Waals surface area contributed by atoms with E-state index in [1.165, 1.54) is 19.2 Å². The van der Waals surface area contributed by atoms with E-state index >= 15 is 0 Å². The minimum absolute atomic E-state index is 0.0228. The number of anilines is 2. The first-order chi connectivity index (χ1) is 17.8. The van der Waals surface area contributed by atoms with Gasteiger partial charge in [0.15, 0.2) is 0 Å². The molecule has 3 aromatic rings. The number of Topliss-reactive ketones (excluding diaryl/α,β-unsaturated/α-hetero) is 1. The molecule has 6 nitrogen and oxygen atoms in total. The van der Waals surface area contributed by atoms with Crippen molar-refractivity contribution in [2.75, 3.05) is 31.0 Å². The second-order valence-electron chi connectivity index (χ2n) is 8.67. The molecular weight excluding hydrogens is 544 g/mol. The number of nitrogens with zero attached hydrogens (tertiary/aromatic N) is 2. The summed E-state index contributed by atoms with van der Waals surface area (Å²) in [5.74, 6) is -2.64. The summed E-state index contributed by atoms with van der Waals surface area (Å²) in [6.07, 6.45) is -4.59. The highest BCUT2D eigenvalue weighted by atomic mass is 35.5. The summed E-state index contributed by atoms with van der Waals surface area (Å²) in [6, 6.07) is 12.2. The van der Waals surface area contributed by atoms with E-state index in [2.05, 4.69) is 0 Å². The number of rotatable bonds is 5. The zero-order valence-electron chi connectivity index (χ0n) is 20.3. The van der Waals surface area contributed by atoms with Crippen molar-refractivity contribution in [1.82, 2.24) is 0 Å². The second kappa shape index (κ2) is 10.2. The molecule has 1 atom stereocenters. The van der Waals surface area contributed by atoms with Crippen LogP contribution in [-0.2, 0) is 15.8 Å². The number of hydrogen-bond donors (Lipinski definition) is 1. The van der Waals surface area contributed by atoms with Gasteiger partial charge in [-0.25, -0.2) is 0 Å². The molecule has 198 valence electrons. The van der Waals surface area contributed by atoms with Crippen LogP contribution < -0.4 is 14.5 Å². The van der Waals surface area contributed by atoms with Gasteiger partial charge in [0.05, 0.1) is 34.9 Å². The Kier molecular flexibility index (Phi) is 7.36. The summed E-state index contributed by atoms with van der Waals surface area (Å²) in [5, 5.41) is 11.6. The van der Waals surface area contributed by atoms with Gasteiger partial charge in [-0.15, -0.1) is 0 Å². The first kappa shape index (κ1) is 27.3. The molecule has 1 fully saturated rings. The van der Waals surface area contributed by atoms with Gasteiger partial charge in [0.1, 0.15) is 11.5 Å². The summed E-state index contributed by atoms with van der Waals surface area (Å²) in [7, 11) is 4.97. The Morgan fingerprint density at radius 3 is 2.13 bits per heavy atom. The van der Waals surface area contributed by atoms with Crippen LogP contribution >= 0.6 is 23.2 Å². The Morgan fingerprint density at radius 1 is 1.00 bits per heavy atom. The van der Waals surface area contributed by atoms with Gasteiger partial charge in [-0.3, -0.25) is 14.5 Å². The molecule has 1 aliphatic heterocycles. The normalized spacial score (nSPS) is 17.2. The van der Waals surface area contributed by atoms with Crippen LogP contribution in [0.2, 0.25) is 10.0 Å². The van der Waals surface area contributed by atoms with E-state index in [-0.39, 0.29) is 32.6 Å². The highest BCUT2D eigenvalue weighted by Crippen LogP contribution is 2.45. The Labute approximate surface area is 226 Å². The molecule has 3 aromatic carbocycles. The number of ether oxygens (including phenoxy) is 1. The standard InChI is InChI=1S/C27H21Cl2F3N2O4/c1-33(2)17-8-4-14(5-9-17)22-21(23(35)19-12-16(28)13-20(29)25(19)38-3)24(36)26(37)34(22)18-10-6-15(7-11-18)27(30,31)32/h4-13,22,35H,1-3H3/b23-21+. The lowest BCUT2D eigenvalue weighted by Crippen LogP contribution is -2.29.